The number of nitrogens with one attached hydrogen (secondary N) is 1. The van der Waals surface area contributed by atoms with E-state index in [-0.39, 0.29) is 5.91 Å². The molecule has 2 aliphatic rings. The minimum Gasteiger partial charge on any atom is -0.325 e. The molecule has 0 atom stereocenters. The van der Waals surface area contributed by atoms with E-state index in [1.165, 1.54) is 11.3 Å². The molecule has 7 nitrogen and oxygen atoms in total. The lowest BCUT2D eigenvalue weighted by atomic mass is 10.2. The van der Waals surface area contributed by atoms with Crippen LogP contribution in [0.1, 0.15) is 24.1 Å². The highest BCUT2D eigenvalue weighted by molar-refractivity contribution is 5.95. The number of carbonyl (C=O) groups excluding carboxylic acids is 1. The smallest absolute Gasteiger partial charge is 0.227 e. The lowest BCUT2D eigenvalue weighted by Crippen LogP contribution is -2.28. The molecule has 1 amide bonds. The Bertz CT molecular complexity index is 947. The van der Waals surface area contributed by atoms with Crippen molar-refractivity contribution in [2.45, 2.75) is 32.5 Å². The Kier molecular flexibility index (Phi) is 4.01. The van der Waals surface area contributed by atoms with Crippen molar-refractivity contribution in [3.8, 4) is 11.5 Å². The molecular weight excluding hydrogens is 340 g/mol. The first kappa shape index (κ1) is 16.3. The SMILES string of the molecule is O=C1CCCN1c1ccc(Cn2ccnc2-c2cc3n(n2)CCNC3)cc1. The Labute approximate surface area is 157 Å². The number of anilines is 1. The number of imidazole rings is 1. The summed E-state index contributed by atoms with van der Waals surface area (Å²) >= 11 is 0. The highest BCUT2D eigenvalue weighted by Crippen LogP contribution is 2.23. The Balaban J connectivity index is 1.37. The second-order valence-electron chi connectivity index (χ2n) is 7.11. The fourth-order valence-electron chi connectivity index (χ4n) is 3.87. The van der Waals surface area contributed by atoms with Gasteiger partial charge in [0.25, 0.3) is 0 Å². The van der Waals surface area contributed by atoms with Crippen LogP contribution in [0.4, 0.5) is 5.69 Å². The molecule has 1 N–H and O–H groups in total. The number of fused-ring (bicyclic) bond motifs is 1. The van der Waals surface area contributed by atoms with Crippen molar-refractivity contribution < 1.29 is 4.79 Å². The zero-order valence-corrected chi connectivity index (χ0v) is 15.1. The Morgan fingerprint density at radius 2 is 2.04 bits per heavy atom. The van der Waals surface area contributed by atoms with Gasteiger partial charge in [-0.2, -0.15) is 5.10 Å². The van der Waals surface area contributed by atoms with Crippen molar-refractivity contribution in [1.82, 2.24) is 24.6 Å². The van der Waals surface area contributed by atoms with E-state index in [0.717, 1.165) is 56.4 Å². The summed E-state index contributed by atoms with van der Waals surface area (Å²) in [5, 5.41) is 8.09. The molecule has 7 heteroatoms. The third-order valence-corrected chi connectivity index (χ3v) is 5.29. The average molecular weight is 362 g/mol. The van der Waals surface area contributed by atoms with Crippen LogP contribution in [-0.4, -0.2) is 38.3 Å². The normalized spacial score (nSPS) is 16.7. The summed E-state index contributed by atoms with van der Waals surface area (Å²) in [6, 6.07) is 10.4. The number of rotatable bonds is 4. The molecule has 1 saturated heterocycles. The van der Waals surface area contributed by atoms with Gasteiger partial charge in [0.2, 0.25) is 5.91 Å². The largest absolute Gasteiger partial charge is 0.325 e. The molecular formula is C20H22N6O. The van der Waals surface area contributed by atoms with Gasteiger partial charge in [0.1, 0.15) is 5.69 Å². The molecule has 27 heavy (non-hydrogen) atoms. The molecule has 0 aliphatic carbocycles. The standard InChI is InChI=1S/C20H22N6O/c27-19-2-1-9-25(19)16-5-3-15(4-6-16)14-24-10-8-22-20(24)18-12-17-13-21-7-11-26(17)23-18/h3-6,8,10,12,21H,1-2,7,9,11,13-14H2. The lowest BCUT2D eigenvalue weighted by molar-refractivity contribution is -0.117. The van der Waals surface area contributed by atoms with Gasteiger partial charge in [-0.3, -0.25) is 9.48 Å². The Morgan fingerprint density at radius 1 is 1.15 bits per heavy atom. The lowest BCUT2D eigenvalue weighted by Gasteiger charge is -2.16. The van der Waals surface area contributed by atoms with E-state index in [0.29, 0.717) is 6.42 Å². The van der Waals surface area contributed by atoms with E-state index in [1.807, 2.05) is 29.4 Å². The Hall–Kier alpha value is -2.93. The molecule has 2 aliphatic heterocycles. The third kappa shape index (κ3) is 3.04. The molecule has 0 saturated carbocycles. The number of benzene rings is 1. The van der Waals surface area contributed by atoms with Gasteiger partial charge in [-0.25, -0.2) is 4.98 Å². The van der Waals surface area contributed by atoms with Gasteiger partial charge in [-0.1, -0.05) is 12.1 Å². The highest BCUT2D eigenvalue weighted by Gasteiger charge is 2.21. The molecule has 0 unspecified atom stereocenters. The molecule has 0 radical (unpaired) electrons. The molecule has 5 rings (SSSR count). The van der Waals surface area contributed by atoms with Crippen molar-refractivity contribution in [1.29, 1.82) is 0 Å². The topological polar surface area (TPSA) is 68.0 Å². The monoisotopic (exact) mass is 362 g/mol. The average Bonchev–Trinajstić information content (AvgIpc) is 3.41. The van der Waals surface area contributed by atoms with Crippen LogP contribution in [0, 0.1) is 0 Å². The quantitative estimate of drug-likeness (QED) is 0.771. The van der Waals surface area contributed by atoms with Gasteiger partial charge >= 0.3 is 0 Å². The molecule has 1 fully saturated rings. The summed E-state index contributed by atoms with van der Waals surface area (Å²) in [6.07, 6.45) is 5.42. The molecule has 138 valence electrons. The fourth-order valence-corrected chi connectivity index (χ4v) is 3.87. The second-order valence-corrected chi connectivity index (χ2v) is 7.11. The van der Waals surface area contributed by atoms with Gasteiger partial charge in [0.15, 0.2) is 5.82 Å². The van der Waals surface area contributed by atoms with E-state index >= 15 is 0 Å². The number of aromatic nitrogens is 4. The van der Waals surface area contributed by atoms with E-state index in [1.54, 1.807) is 0 Å². The van der Waals surface area contributed by atoms with Crippen LogP contribution < -0.4 is 10.2 Å². The fraction of sp³-hybridized carbons (Fsp3) is 0.350. The van der Waals surface area contributed by atoms with Crippen molar-refractivity contribution in [3.63, 3.8) is 0 Å². The van der Waals surface area contributed by atoms with E-state index in [4.69, 9.17) is 5.10 Å². The predicted octanol–water partition coefficient (Wildman–Crippen LogP) is 2.02. The van der Waals surface area contributed by atoms with Gasteiger partial charge in [-0.05, 0) is 30.2 Å². The van der Waals surface area contributed by atoms with Crippen LogP contribution in [-0.2, 0) is 24.4 Å². The van der Waals surface area contributed by atoms with Crippen LogP contribution in [0.5, 0.6) is 0 Å². The zero-order chi connectivity index (χ0) is 18.2. The predicted molar refractivity (Wildman–Crippen MR) is 102 cm³/mol. The van der Waals surface area contributed by atoms with Crippen molar-refractivity contribution in [3.05, 3.63) is 54.0 Å². The third-order valence-electron chi connectivity index (χ3n) is 5.29. The molecule has 4 heterocycles. The first-order valence-electron chi connectivity index (χ1n) is 9.46. The van der Waals surface area contributed by atoms with Gasteiger partial charge < -0.3 is 14.8 Å². The minimum absolute atomic E-state index is 0.220. The first-order chi connectivity index (χ1) is 13.3. The summed E-state index contributed by atoms with van der Waals surface area (Å²) in [6.45, 7) is 4.25. The summed E-state index contributed by atoms with van der Waals surface area (Å²) in [4.78, 5) is 18.3. The molecule has 1 aromatic carbocycles. The van der Waals surface area contributed by atoms with Crippen LogP contribution in [0.25, 0.3) is 11.5 Å². The number of nitrogens with zero attached hydrogens (tertiary/aromatic N) is 5. The number of carbonyl (C=O) groups is 1. The maximum absolute atomic E-state index is 11.9. The van der Waals surface area contributed by atoms with Gasteiger partial charge in [-0.15, -0.1) is 0 Å². The van der Waals surface area contributed by atoms with Crippen LogP contribution in [0.3, 0.4) is 0 Å². The molecule has 0 bridgehead atoms. The van der Waals surface area contributed by atoms with Crippen molar-refractivity contribution in [2.24, 2.45) is 0 Å². The number of hydrogen-bond acceptors (Lipinski definition) is 4. The van der Waals surface area contributed by atoms with Gasteiger partial charge in [0.05, 0.1) is 12.2 Å². The molecule has 3 aromatic rings. The maximum Gasteiger partial charge on any atom is 0.227 e. The first-order valence-corrected chi connectivity index (χ1v) is 9.46. The summed E-state index contributed by atoms with van der Waals surface area (Å²) in [5.41, 5.74) is 4.28. The van der Waals surface area contributed by atoms with Crippen LogP contribution in [0.15, 0.2) is 42.7 Å². The summed E-state index contributed by atoms with van der Waals surface area (Å²) in [7, 11) is 0. The van der Waals surface area contributed by atoms with Crippen molar-refractivity contribution in [2.75, 3.05) is 18.0 Å². The van der Waals surface area contributed by atoms with E-state index in [9.17, 15) is 4.79 Å². The highest BCUT2D eigenvalue weighted by atomic mass is 16.2. The van der Waals surface area contributed by atoms with Gasteiger partial charge in [0, 0.05) is 50.7 Å². The van der Waals surface area contributed by atoms with Crippen molar-refractivity contribution >= 4 is 11.6 Å². The van der Waals surface area contributed by atoms with Crippen LogP contribution in [0.2, 0.25) is 0 Å². The maximum atomic E-state index is 11.9. The van der Waals surface area contributed by atoms with Crippen LogP contribution >= 0.6 is 0 Å². The zero-order valence-electron chi connectivity index (χ0n) is 15.1. The second kappa shape index (κ2) is 6.66. The number of amides is 1. The van der Waals surface area contributed by atoms with E-state index < -0.39 is 0 Å². The minimum atomic E-state index is 0.220. The Morgan fingerprint density at radius 3 is 2.81 bits per heavy atom. The molecule has 2 aromatic heterocycles. The summed E-state index contributed by atoms with van der Waals surface area (Å²) < 4.78 is 4.19. The number of hydrogen-bond donors (Lipinski definition) is 1. The van der Waals surface area contributed by atoms with E-state index in [2.05, 4.69) is 37.7 Å². The summed E-state index contributed by atoms with van der Waals surface area (Å²) in [5.74, 6) is 1.11. The molecule has 0 spiro atoms.